The highest BCUT2D eigenvalue weighted by molar-refractivity contribution is 6.10. The van der Waals surface area contributed by atoms with Crippen LogP contribution in [0.25, 0.3) is 11.1 Å². The summed E-state index contributed by atoms with van der Waals surface area (Å²) in [4.78, 5) is 13.0. The van der Waals surface area contributed by atoms with Crippen molar-refractivity contribution >= 4 is 11.6 Å². The number of benzene rings is 2. The molecule has 3 aromatic rings. The molecule has 1 aliphatic carbocycles. The quantitative estimate of drug-likeness (QED) is 0.729. The van der Waals surface area contributed by atoms with Gasteiger partial charge in [-0.05, 0) is 61.1 Å². The first-order valence-corrected chi connectivity index (χ1v) is 8.59. The van der Waals surface area contributed by atoms with Crippen molar-refractivity contribution in [3.8, 4) is 11.1 Å². The predicted octanol–water partition coefficient (Wildman–Crippen LogP) is 4.14. The van der Waals surface area contributed by atoms with Crippen LogP contribution in [0, 0.1) is 13.8 Å². The van der Waals surface area contributed by atoms with E-state index in [0.717, 1.165) is 52.2 Å². The van der Waals surface area contributed by atoms with Gasteiger partial charge in [-0.15, -0.1) is 0 Å². The molecule has 0 fully saturated rings. The van der Waals surface area contributed by atoms with Crippen LogP contribution in [0.2, 0.25) is 0 Å². The molecule has 1 aliphatic heterocycles. The number of carbonyl (C=O) groups excluding carboxylic acids is 1. The zero-order chi connectivity index (χ0) is 17.2. The van der Waals surface area contributed by atoms with Gasteiger partial charge in [0.15, 0.2) is 0 Å². The van der Waals surface area contributed by atoms with Crippen molar-refractivity contribution in [3.05, 3.63) is 70.6 Å². The number of amides is 1. The number of rotatable bonds is 1. The number of hydrogen-bond acceptors (Lipinski definition) is 3. The Balaban J connectivity index is 1.75. The van der Waals surface area contributed by atoms with E-state index in [9.17, 15) is 4.79 Å². The Morgan fingerprint density at radius 1 is 1.12 bits per heavy atom. The summed E-state index contributed by atoms with van der Waals surface area (Å²) in [6.07, 6.45) is 1.74. The van der Waals surface area contributed by atoms with E-state index in [1.165, 1.54) is 5.56 Å². The third-order valence-corrected chi connectivity index (χ3v) is 5.68. The molecule has 1 atom stereocenters. The molecule has 1 unspecified atom stereocenters. The van der Waals surface area contributed by atoms with Crippen LogP contribution in [-0.2, 0) is 16.6 Å². The largest absolute Gasteiger partial charge is 0.361 e. The Kier molecular flexibility index (Phi) is 2.79. The molecule has 0 saturated heterocycles. The number of aryl methyl sites for hydroxylation is 3. The number of anilines is 1. The summed E-state index contributed by atoms with van der Waals surface area (Å²) < 4.78 is 5.33. The molecular formula is C21H18N2O2. The summed E-state index contributed by atoms with van der Waals surface area (Å²) >= 11 is 0. The van der Waals surface area contributed by atoms with E-state index in [2.05, 4.69) is 28.7 Å². The number of fused-ring (bicyclic) bond motifs is 4. The molecule has 1 aromatic heterocycles. The highest BCUT2D eigenvalue weighted by Gasteiger charge is 2.51. The van der Waals surface area contributed by atoms with Crippen LogP contribution in [0.1, 0.15) is 34.6 Å². The topological polar surface area (TPSA) is 55.1 Å². The summed E-state index contributed by atoms with van der Waals surface area (Å²) in [6.45, 7) is 3.87. The molecule has 5 rings (SSSR count). The number of nitrogens with zero attached hydrogens (tertiary/aromatic N) is 1. The van der Waals surface area contributed by atoms with Gasteiger partial charge in [-0.1, -0.05) is 35.5 Å². The van der Waals surface area contributed by atoms with E-state index in [0.29, 0.717) is 0 Å². The van der Waals surface area contributed by atoms with Crippen LogP contribution in [-0.4, -0.2) is 11.1 Å². The van der Waals surface area contributed by atoms with Gasteiger partial charge in [0.05, 0.1) is 5.69 Å². The normalized spacial score (nSPS) is 20.6. The summed E-state index contributed by atoms with van der Waals surface area (Å²) in [5.41, 5.74) is 6.77. The van der Waals surface area contributed by atoms with Gasteiger partial charge in [0.2, 0.25) is 5.91 Å². The van der Waals surface area contributed by atoms with Crippen molar-refractivity contribution in [2.75, 3.05) is 5.32 Å². The van der Waals surface area contributed by atoms with Crippen LogP contribution < -0.4 is 5.32 Å². The zero-order valence-electron chi connectivity index (χ0n) is 14.2. The van der Waals surface area contributed by atoms with Crippen molar-refractivity contribution in [1.82, 2.24) is 5.16 Å². The van der Waals surface area contributed by atoms with Gasteiger partial charge in [-0.25, -0.2) is 0 Å². The van der Waals surface area contributed by atoms with Gasteiger partial charge in [0, 0.05) is 11.3 Å². The Bertz CT molecular complexity index is 1010. The molecule has 2 aromatic carbocycles. The van der Waals surface area contributed by atoms with E-state index in [1.807, 2.05) is 38.1 Å². The predicted molar refractivity (Wildman–Crippen MR) is 95.6 cm³/mol. The van der Waals surface area contributed by atoms with E-state index in [-0.39, 0.29) is 5.91 Å². The van der Waals surface area contributed by atoms with Gasteiger partial charge in [0.1, 0.15) is 11.2 Å². The van der Waals surface area contributed by atoms with E-state index in [1.54, 1.807) is 0 Å². The average Bonchev–Trinajstić information content (AvgIpc) is 3.25. The van der Waals surface area contributed by atoms with Crippen LogP contribution >= 0.6 is 0 Å². The first kappa shape index (κ1) is 14.5. The molecule has 124 valence electrons. The lowest BCUT2D eigenvalue weighted by molar-refractivity contribution is -0.119. The molecule has 0 radical (unpaired) electrons. The smallest absolute Gasteiger partial charge is 0.239 e. The molecule has 25 heavy (non-hydrogen) atoms. The zero-order valence-corrected chi connectivity index (χ0v) is 14.2. The first-order chi connectivity index (χ1) is 12.1. The van der Waals surface area contributed by atoms with E-state index < -0.39 is 5.41 Å². The number of carbonyl (C=O) groups is 1. The number of nitrogens with one attached hydrogen (secondary N) is 1. The molecular weight excluding hydrogens is 312 g/mol. The van der Waals surface area contributed by atoms with E-state index in [4.69, 9.17) is 4.52 Å². The molecule has 1 amide bonds. The van der Waals surface area contributed by atoms with Gasteiger partial charge in [0.25, 0.3) is 0 Å². The van der Waals surface area contributed by atoms with Crippen molar-refractivity contribution in [2.24, 2.45) is 0 Å². The monoisotopic (exact) mass is 330 g/mol. The standard InChI is InChI=1S/C21H18N2O2/c1-12-19(13(2)25-23-12)15-7-8-18-17(11-15)21(20(24)22-18)10-9-14-5-3-4-6-16(14)21/h3-8,11H,9-10H2,1-2H3,(H,22,24). The number of aromatic nitrogens is 1. The summed E-state index contributed by atoms with van der Waals surface area (Å²) in [5.74, 6) is 0.888. The van der Waals surface area contributed by atoms with Gasteiger partial charge in [-0.3, -0.25) is 4.79 Å². The second kappa shape index (κ2) is 4.82. The second-order valence-electron chi connectivity index (χ2n) is 6.98. The highest BCUT2D eigenvalue weighted by atomic mass is 16.5. The maximum absolute atomic E-state index is 13.0. The Morgan fingerprint density at radius 2 is 1.96 bits per heavy atom. The lowest BCUT2D eigenvalue weighted by Crippen LogP contribution is -2.33. The molecule has 2 heterocycles. The molecule has 1 N–H and O–H groups in total. The number of hydrogen-bond donors (Lipinski definition) is 1. The lowest BCUT2D eigenvalue weighted by atomic mass is 9.76. The maximum atomic E-state index is 13.0. The Morgan fingerprint density at radius 3 is 2.76 bits per heavy atom. The fourth-order valence-corrected chi connectivity index (χ4v) is 4.54. The molecule has 0 saturated carbocycles. The van der Waals surface area contributed by atoms with Crippen molar-refractivity contribution in [2.45, 2.75) is 32.1 Å². The van der Waals surface area contributed by atoms with Crippen LogP contribution in [0.4, 0.5) is 5.69 Å². The van der Waals surface area contributed by atoms with Crippen molar-refractivity contribution in [1.29, 1.82) is 0 Å². The average molecular weight is 330 g/mol. The Labute approximate surface area is 145 Å². The molecule has 0 bridgehead atoms. The van der Waals surface area contributed by atoms with Crippen LogP contribution in [0.15, 0.2) is 47.0 Å². The molecule has 1 spiro atoms. The lowest BCUT2D eigenvalue weighted by Gasteiger charge is -2.23. The fourth-order valence-electron chi connectivity index (χ4n) is 4.54. The van der Waals surface area contributed by atoms with Crippen molar-refractivity contribution in [3.63, 3.8) is 0 Å². The fraction of sp³-hybridized carbons (Fsp3) is 0.238. The molecule has 2 aliphatic rings. The minimum atomic E-state index is -0.569. The summed E-state index contributed by atoms with van der Waals surface area (Å²) in [5, 5.41) is 7.16. The summed E-state index contributed by atoms with van der Waals surface area (Å²) in [7, 11) is 0. The SMILES string of the molecule is Cc1noc(C)c1-c1ccc2c(c1)C1(CCc3ccccc31)C(=O)N2. The van der Waals surface area contributed by atoms with Gasteiger partial charge >= 0.3 is 0 Å². The molecule has 4 nitrogen and oxygen atoms in total. The van der Waals surface area contributed by atoms with Crippen LogP contribution in [0.3, 0.4) is 0 Å². The van der Waals surface area contributed by atoms with E-state index >= 15 is 0 Å². The van der Waals surface area contributed by atoms with Crippen LogP contribution in [0.5, 0.6) is 0 Å². The first-order valence-electron chi connectivity index (χ1n) is 8.59. The van der Waals surface area contributed by atoms with Crippen molar-refractivity contribution < 1.29 is 9.32 Å². The minimum absolute atomic E-state index is 0.0864. The maximum Gasteiger partial charge on any atom is 0.239 e. The second-order valence-corrected chi connectivity index (χ2v) is 6.98. The van der Waals surface area contributed by atoms with Gasteiger partial charge in [-0.2, -0.15) is 0 Å². The summed E-state index contributed by atoms with van der Waals surface area (Å²) in [6, 6.07) is 14.5. The Hall–Kier alpha value is -2.88. The third-order valence-electron chi connectivity index (χ3n) is 5.68. The molecule has 4 heteroatoms. The highest BCUT2D eigenvalue weighted by Crippen LogP contribution is 2.51. The van der Waals surface area contributed by atoms with Gasteiger partial charge < -0.3 is 9.84 Å². The third kappa shape index (κ3) is 1.77. The minimum Gasteiger partial charge on any atom is -0.361 e.